The van der Waals surface area contributed by atoms with Gasteiger partial charge < -0.3 is 9.42 Å². The summed E-state index contributed by atoms with van der Waals surface area (Å²) in [5, 5.41) is 3.97. The lowest BCUT2D eigenvalue weighted by Gasteiger charge is -2.24. The van der Waals surface area contributed by atoms with E-state index in [1.165, 1.54) is 12.1 Å². The first-order valence-electron chi connectivity index (χ1n) is 7.07. The van der Waals surface area contributed by atoms with Gasteiger partial charge in [0.05, 0.1) is 11.7 Å². The molecule has 0 N–H and O–H groups in total. The maximum Gasteiger partial charge on any atom is 0.254 e. The van der Waals surface area contributed by atoms with Crippen LogP contribution in [0.4, 0.5) is 4.39 Å². The van der Waals surface area contributed by atoms with Crippen LogP contribution in [0, 0.1) is 19.7 Å². The minimum absolute atomic E-state index is 0.0352. The van der Waals surface area contributed by atoms with Crippen LogP contribution in [0.25, 0.3) is 0 Å². The highest BCUT2D eigenvalue weighted by Crippen LogP contribution is 2.36. The standard InChI is InChI=1S/C16H17FN2O2/c1-10-15(11(2)21-18-10)14-7-4-8-19(14)16(20)12-5-3-6-13(17)9-12/h3,5-6,9,14H,4,7-8H2,1-2H3. The Labute approximate surface area is 122 Å². The molecule has 0 radical (unpaired) electrons. The minimum Gasteiger partial charge on any atom is -0.361 e. The lowest BCUT2D eigenvalue weighted by atomic mass is 10.0. The van der Waals surface area contributed by atoms with Crippen molar-refractivity contribution in [2.45, 2.75) is 32.7 Å². The Morgan fingerprint density at radius 1 is 1.43 bits per heavy atom. The number of aromatic nitrogens is 1. The van der Waals surface area contributed by atoms with Gasteiger partial charge in [0, 0.05) is 17.7 Å². The van der Waals surface area contributed by atoms with Gasteiger partial charge in [0.25, 0.3) is 5.91 Å². The number of hydrogen-bond acceptors (Lipinski definition) is 3. The molecule has 0 spiro atoms. The fourth-order valence-electron chi connectivity index (χ4n) is 3.06. The Kier molecular flexibility index (Phi) is 3.49. The van der Waals surface area contributed by atoms with Gasteiger partial charge in [0.15, 0.2) is 0 Å². The van der Waals surface area contributed by atoms with E-state index in [0.717, 1.165) is 29.9 Å². The highest BCUT2D eigenvalue weighted by Gasteiger charge is 2.34. The topological polar surface area (TPSA) is 46.3 Å². The van der Waals surface area contributed by atoms with Crippen LogP contribution in [-0.2, 0) is 0 Å². The first kappa shape index (κ1) is 13.8. The summed E-state index contributed by atoms with van der Waals surface area (Å²) in [6.07, 6.45) is 1.81. The van der Waals surface area contributed by atoms with Crippen LogP contribution in [0.5, 0.6) is 0 Å². The van der Waals surface area contributed by atoms with Crippen LogP contribution in [0.2, 0.25) is 0 Å². The second kappa shape index (κ2) is 5.31. The molecule has 2 aromatic rings. The zero-order valence-electron chi connectivity index (χ0n) is 12.1. The zero-order valence-corrected chi connectivity index (χ0v) is 12.1. The molecule has 1 aromatic carbocycles. The first-order valence-corrected chi connectivity index (χ1v) is 7.07. The van der Waals surface area contributed by atoms with Crippen LogP contribution >= 0.6 is 0 Å². The fraction of sp³-hybridized carbons (Fsp3) is 0.375. The molecule has 1 aromatic heterocycles. The summed E-state index contributed by atoms with van der Waals surface area (Å²) in [7, 11) is 0. The Morgan fingerprint density at radius 3 is 2.90 bits per heavy atom. The monoisotopic (exact) mass is 288 g/mol. The predicted octanol–water partition coefficient (Wildman–Crippen LogP) is 3.41. The molecule has 5 heteroatoms. The Bertz CT molecular complexity index is 661. The molecular weight excluding hydrogens is 271 g/mol. The van der Waals surface area contributed by atoms with E-state index in [0.29, 0.717) is 12.1 Å². The largest absolute Gasteiger partial charge is 0.361 e. The van der Waals surface area contributed by atoms with Crippen molar-refractivity contribution >= 4 is 5.91 Å². The molecule has 3 rings (SSSR count). The smallest absolute Gasteiger partial charge is 0.254 e. The van der Waals surface area contributed by atoms with Gasteiger partial charge in [0.1, 0.15) is 11.6 Å². The summed E-state index contributed by atoms with van der Waals surface area (Å²) >= 11 is 0. The number of rotatable bonds is 2. The number of benzene rings is 1. The van der Waals surface area contributed by atoms with Crippen molar-refractivity contribution in [1.82, 2.24) is 10.1 Å². The molecule has 0 bridgehead atoms. The summed E-state index contributed by atoms with van der Waals surface area (Å²) in [5.41, 5.74) is 2.18. The third-order valence-electron chi connectivity index (χ3n) is 4.01. The molecule has 1 aliphatic rings. The van der Waals surface area contributed by atoms with Crippen molar-refractivity contribution in [2.75, 3.05) is 6.54 Å². The number of amides is 1. The number of carbonyl (C=O) groups excluding carboxylic acids is 1. The molecule has 1 fully saturated rings. The lowest BCUT2D eigenvalue weighted by Crippen LogP contribution is -2.31. The fourth-order valence-corrected chi connectivity index (χ4v) is 3.06. The number of aryl methyl sites for hydroxylation is 2. The summed E-state index contributed by atoms with van der Waals surface area (Å²) in [6, 6.07) is 5.79. The van der Waals surface area contributed by atoms with Crippen LogP contribution in [-0.4, -0.2) is 22.5 Å². The average Bonchev–Trinajstić information content (AvgIpc) is 3.05. The van der Waals surface area contributed by atoms with Crippen molar-refractivity contribution in [1.29, 1.82) is 0 Å². The Hall–Kier alpha value is -2.17. The molecule has 1 aliphatic heterocycles. The van der Waals surface area contributed by atoms with Crippen LogP contribution < -0.4 is 0 Å². The second-order valence-corrected chi connectivity index (χ2v) is 5.40. The van der Waals surface area contributed by atoms with E-state index in [2.05, 4.69) is 5.16 Å². The van der Waals surface area contributed by atoms with Gasteiger partial charge in [-0.1, -0.05) is 11.2 Å². The van der Waals surface area contributed by atoms with Gasteiger partial charge in [-0.25, -0.2) is 4.39 Å². The summed E-state index contributed by atoms with van der Waals surface area (Å²) in [6.45, 7) is 4.41. The average molecular weight is 288 g/mol. The van der Waals surface area contributed by atoms with E-state index in [4.69, 9.17) is 4.52 Å². The van der Waals surface area contributed by atoms with Crippen molar-refractivity contribution in [3.63, 3.8) is 0 Å². The van der Waals surface area contributed by atoms with Crippen molar-refractivity contribution in [3.8, 4) is 0 Å². The number of carbonyl (C=O) groups is 1. The van der Waals surface area contributed by atoms with Gasteiger partial charge in [-0.15, -0.1) is 0 Å². The molecule has 1 amide bonds. The molecule has 110 valence electrons. The maximum absolute atomic E-state index is 13.3. The molecule has 0 aliphatic carbocycles. The lowest BCUT2D eigenvalue weighted by molar-refractivity contribution is 0.0734. The highest BCUT2D eigenvalue weighted by molar-refractivity contribution is 5.94. The predicted molar refractivity (Wildman–Crippen MR) is 75.4 cm³/mol. The van der Waals surface area contributed by atoms with Gasteiger partial charge in [-0.3, -0.25) is 4.79 Å². The maximum atomic E-state index is 13.3. The summed E-state index contributed by atoms with van der Waals surface area (Å²) in [5.74, 6) is 0.211. The molecular formula is C16H17FN2O2. The van der Waals surface area contributed by atoms with Crippen LogP contribution in [0.3, 0.4) is 0 Å². The molecule has 1 unspecified atom stereocenters. The van der Waals surface area contributed by atoms with E-state index >= 15 is 0 Å². The summed E-state index contributed by atoms with van der Waals surface area (Å²) < 4.78 is 18.5. The van der Waals surface area contributed by atoms with E-state index in [-0.39, 0.29) is 11.9 Å². The third kappa shape index (κ3) is 2.44. The third-order valence-corrected chi connectivity index (χ3v) is 4.01. The zero-order chi connectivity index (χ0) is 15.0. The van der Waals surface area contributed by atoms with Gasteiger partial charge in [-0.05, 0) is 44.9 Å². The number of likely N-dealkylation sites (tertiary alicyclic amines) is 1. The van der Waals surface area contributed by atoms with Crippen molar-refractivity contribution < 1.29 is 13.7 Å². The Morgan fingerprint density at radius 2 is 2.24 bits per heavy atom. The van der Waals surface area contributed by atoms with E-state index in [1.807, 2.05) is 13.8 Å². The highest BCUT2D eigenvalue weighted by atomic mass is 19.1. The molecule has 1 saturated heterocycles. The molecule has 0 saturated carbocycles. The normalized spacial score (nSPS) is 18.2. The van der Waals surface area contributed by atoms with E-state index in [1.54, 1.807) is 17.0 Å². The molecule has 4 nitrogen and oxygen atoms in total. The minimum atomic E-state index is -0.395. The van der Waals surface area contributed by atoms with Gasteiger partial charge in [-0.2, -0.15) is 0 Å². The summed E-state index contributed by atoms with van der Waals surface area (Å²) in [4.78, 5) is 14.4. The van der Waals surface area contributed by atoms with Crippen molar-refractivity contribution in [2.24, 2.45) is 0 Å². The van der Waals surface area contributed by atoms with Crippen molar-refractivity contribution in [3.05, 3.63) is 52.7 Å². The molecule has 2 heterocycles. The quantitative estimate of drug-likeness (QED) is 0.850. The Balaban J connectivity index is 1.93. The van der Waals surface area contributed by atoms with E-state index in [9.17, 15) is 9.18 Å². The van der Waals surface area contributed by atoms with Gasteiger partial charge in [0.2, 0.25) is 0 Å². The molecule has 21 heavy (non-hydrogen) atoms. The van der Waals surface area contributed by atoms with Crippen LogP contribution in [0.1, 0.15) is 46.3 Å². The number of hydrogen-bond donors (Lipinski definition) is 0. The molecule has 1 atom stereocenters. The second-order valence-electron chi connectivity index (χ2n) is 5.40. The van der Waals surface area contributed by atoms with E-state index < -0.39 is 5.82 Å². The first-order chi connectivity index (χ1) is 10.1. The number of halogens is 1. The SMILES string of the molecule is Cc1noc(C)c1C1CCCN1C(=O)c1cccc(F)c1. The van der Waals surface area contributed by atoms with Crippen LogP contribution in [0.15, 0.2) is 28.8 Å². The van der Waals surface area contributed by atoms with Gasteiger partial charge >= 0.3 is 0 Å². The number of nitrogens with zero attached hydrogens (tertiary/aromatic N) is 2.